The van der Waals surface area contributed by atoms with Gasteiger partial charge in [-0.25, -0.2) is 8.78 Å². The van der Waals surface area contributed by atoms with Crippen LogP contribution in [0.1, 0.15) is 39.5 Å². The molecule has 2 fully saturated rings. The maximum Gasteiger partial charge on any atom is 0.372 e. The summed E-state index contributed by atoms with van der Waals surface area (Å²) >= 11 is 0. The van der Waals surface area contributed by atoms with Gasteiger partial charge in [-0.2, -0.15) is 43.9 Å². The molecule has 0 aromatic heterocycles. The van der Waals surface area contributed by atoms with Gasteiger partial charge in [-0.3, -0.25) is 4.79 Å². The molecule has 2 aliphatic carbocycles. The normalized spacial score (nSPS) is 29.1. The molecule has 14 heteroatoms. The Kier molecular flexibility index (Phi) is 7.34. The van der Waals surface area contributed by atoms with E-state index in [1.54, 1.807) is 0 Å². The van der Waals surface area contributed by atoms with Crippen LogP contribution in [0.25, 0.3) is 0 Å². The van der Waals surface area contributed by atoms with E-state index < -0.39 is 67.4 Å². The van der Waals surface area contributed by atoms with Crippen LogP contribution < -0.4 is 0 Å². The van der Waals surface area contributed by atoms with Crippen molar-refractivity contribution in [1.82, 2.24) is 0 Å². The molecule has 2 rings (SSSR count). The number of ether oxygens (including phenoxy) is 1. The number of rotatable bonds is 10. The average Bonchev–Trinajstić information content (AvgIpc) is 3.17. The molecule has 2 aliphatic rings. The summed E-state index contributed by atoms with van der Waals surface area (Å²) < 4.78 is 164. The van der Waals surface area contributed by atoms with Crippen molar-refractivity contribution in [3.63, 3.8) is 0 Å². The predicted molar refractivity (Wildman–Crippen MR) is 89.0 cm³/mol. The Morgan fingerprint density at radius 3 is 1.82 bits per heavy atom. The maximum absolute atomic E-state index is 13.9. The van der Waals surface area contributed by atoms with Crippen molar-refractivity contribution in [2.75, 3.05) is 6.61 Å². The van der Waals surface area contributed by atoms with E-state index in [4.69, 9.17) is 0 Å². The van der Waals surface area contributed by atoms with Crippen molar-refractivity contribution in [2.24, 2.45) is 29.6 Å². The fourth-order valence-electron chi connectivity index (χ4n) is 4.69. The van der Waals surface area contributed by atoms with Gasteiger partial charge < -0.3 is 4.74 Å². The highest BCUT2D eigenvalue weighted by Gasteiger charge is 2.75. The highest BCUT2D eigenvalue weighted by Crippen LogP contribution is 2.56. The molecule has 2 saturated carbocycles. The highest BCUT2D eigenvalue weighted by atomic mass is 19.4. The molecule has 5 atom stereocenters. The second kappa shape index (κ2) is 8.69. The van der Waals surface area contributed by atoms with E-state index in [2.05, 4.69) is 4.74 Å². The minimum atomic E-state index is -6.79. The van der Waals surface area contributed by atoms with Gasteiger partial charge in [0.25, 0.3) is 0 Å². The first-order valence-corrected chi connectivity index (χ1v) is 10.0. The second-order valence-corrected chi connectivity index (χ2v) is 8.99. The number of fused-ring (bicyclic) bond motifs is 2. The van der Waals surface area contributed by atoms with Crippen LogP contribution in [0, 0.1) is 29.6 Å². The third-order valence-electron chi connectivity index (χ3n) is 6.90. The summed E-state index contributed by atoms with van der Waals surface area (Å²) in [7, 11) is 0. The summed E-state index contributed by atoms with van der Waals surface area (Å²) in [5.74, 6) is -33.2. The van der Waals surface area contributed by atoms with Crippen LogP contribution in [0.3, 0.4) is 0 Å². The monoisotopic (exact) mass is 510 g/mol. The van der Waals surface area contributed by atoms with Crippen LogP contribution in [0.5, 0.6) is 0 Å². The van der Waals surface area contributed by atoms with Crippen LogP contribution in [0.2, 0.25) is 0 Å². The largest absolute Gasteiger partial charge is 0.459 e. The third kappa shape index (κ3) is 5.03. The molecular weight excluding hydrogens is 488 g/mol. The zero-order valence-corrected chi connectivity index (χ0v) is 17.4. The van der Waals surface area contributed by atoms with Gasteiger partial charge in [0.1, 0.15) is 0 Å². The fourth-order valence-corrected chi connectivity index (χ4v) is 4.69. The van der Waals surface area contributed by atoms with Gasteiger partial charge >= 0.3 is 35.6 Å². The Morgan fingerprint density at radius 2 is 1.36 bits per heavy atom. The smallest absolute Gasteiger partial charge is 0.372 e. The van der Waals surface area contributed by atoms with Crippen molar-refractivity contribution < 1.29 is 62.2 Å². The molecule has 2 bridgehead atoms. The van der Waals surface area contributed by atoms with E-state index in [-0.39, 0.29) is 30.1 Å². The molecule has 0 amide bonds. The quantitative estimate of drug-likeness (QED) is 0.242. The van der Waals surface area contributed by atoms with Crippen molar-refractivity contribution >= 4 is 5.97 Å². The third-order valence-corrected chi connectivity index (χ3v) is 6.90. The number of carbonyl (C=O) groups excluding carboxylic acids is 1. The maximum atomic E-state index is 13.9. The molecule has 0 aromatic rings. The number of carbonyl (C=O) groups is 1. The topological polar surface area (TPSA) is 26.3 Å². The minimum absolute atomic E-state index is 0.0130. The summed E-state index contributed by atoms with van der Waals surface area (Å²) in [5, 5.41) is 0. The molecule has 2 nitrogen and oxygen atoms in total. The number of alkyl halides is 12. The minimum Gasteiger partial charge on any atom is -0.459 e. The van der Waals surface area contributed by atoms with Crippen LogP contribution in [-0.2, 0) is 9.53 Å². The van der Waals surface area contributed by atoms with Gasteiger partial charge in [-0.05, 0) is 36.5 Å². The highest BCUT2D eigenvalue weighted by molar-refractivity contribution is 5.73. The van der Waals surface area contributed by atoms with Crippen molar-refractivity contribution in [1.29, 1.82) is 0 Å². The zero-order chi connectivity index (χ0) is 25.8. The van der Waals surface area contributed by atoms with Crippen molar-refractivity contribution in [2.45, 2.75) is 75.6 Å². The van der Waals surface area contributed by atoms with E-state index in [9.17, 15) is 57.5 Å². The molecule has 5 unspecified atom stereocenters. The summed E-state index contributed by atoms with van der Waals surface area (Å²) in [6.45, 7) is 1.28. The molecule has 0 aliphatic heterocycles. The summed E-state index contributed by atoms with van der Waals surface area (Å²) in [4.78, 5) is 12.1. The first kappa shape index (κ1) is 27.9. The first-order valence-electron chi connectivity index (χ1n) is 10.0. The molecule has 0 heterocycles. The Hall–Kier alpha value is -1.37. The van der Waals surface area contributed by atoms with Crippen LogP contribution >= 0.6 is 0 Å². The van der Waals surface area contributed by atoms with E-state index in [1.807, 2.05) is 13.8 Å². The summed E-state index contributed by atoms with van der Waals surface area (Å²) in [5.41, 5.74) is 0. The van der Waals surface area contributed by atoms with Crippen molar-refractivity contribution in [3.05, 3.63) is 0 Å². The van der Waals surface area contributed by atoms with Gasteiger partial charge in [0, 0.05) is 0 Å². The molecule has 194 valence electrons. The Bertz CT molecular complexity index is 722. The summed E-state index contributed by atoms with van der Waals surface area (Å²) in [6, 6.07) is 0. The van der Waals surface area contributed by atoms with Crippen LogP contribution in [-0.4, -0.2) is 48.6 Å². The van der Waals surface area contributed by atoms with E-state index >= 15 is 0 Å². The number of hydrogen-bond donors (Lipinski definition) is 0. The Labute approximate surface area is 181 Å². The van der Waals surface area contributed by atoms with Crippen molar-refractivity contribution in [3.8, 4) is 0 Å². The number of hydrogen-bond acceptors (Lipinski definition) is 2. The first-order chi connectivity index (χ1) is 14.7. The fraction of sp³-hybridized carbons (Fsp3) is 0.947. The average molecular weight is 510 g/mol. The Morgan fingerprint density at radius 1 is 0.818 bits per heavy atom. The lowest BCUT2D eigenvalue weighted by atomic mass is 9.76. The van der Waals surface area contributed by atoms with E-state index in [0.717, 1.165) is 0 Å². The SMILES string of the molecule is CC1C2CC(C(=O)OCC(F)(F)C(F)(F)CC(F)(F)C(F)(F)C(F)(F)CC(F)F)C(C2)C1C. The lowest BCUT2D eigenvalue weighted by Gasteiger charge is -2.36. The van der Waals surface area contributed by atoms with E-state index in [0.29, 0.717) is 6.42 Å². The lowest BCUT2D eigenvalue weighted by molar-refractivity contribution is -0.341. The second-order valence-electron chi connectivity index (χ2n) is 8.99. The zero-order valence-electron chi connectivity index (χ0n) is 17.4. The molecular formula is C19H22F12O2. The van der Waals surface area contributed by atoms with Gasteiger partial charge in [0.15, 0.2) is 6.61 Å². The molecule has 0 saturated heterocycles. The molecule has 33 heavy (non-hydrogen) atoms. The predicted octanol–water partition coefficient (Wildman–Crippen LogP) is 6.68. The standard InChI is InChI=1S/C19H22F12O2/c1-8-9(2)11-3-10(8)4-12(11)14(32)33-7-18(28,29)16(24,25)6-17(26,27)19(30,31)15(22,23)5-13(20)21/h8-13H,3-7H2,1-2H3. The lowest BCUT2D eigenvalue weighted by Crippen LogP contribution is -2.59. The number of esters is 1. The number of halogens is 12. The Balaban J connectivity index is 2.07. The van der Waals surface area contributed by atoms with Gasteiger partial charge in [0.05, 0.1) is 18.8 Å². The summed E-state index contributed by atoms with van der Waals surface area (Å²) in [6.07, 6.45) is -10.3. The van der Waals surface area contributed by atoms with Gasteiger partial charge in [-0.1, -0.05) is 13.8 Å². The van der Waals surface area contributed by atoms with Gasteiger partial charge in [-0.15, -0.1) is 0 Å². The molecule has 0 aromatic carbocycles. The molecule has 0 N–H and O–H groups in total. The van der Waals surface area contributed by atoms with Crippen LogP contribution in [0.15, 0.2) is 0 Å². The van der Waals surface area contributed by atoms with Crippen LogP contribution in [0.4, 0.5) is 52.7 Å². The van der Waals surface area contributed by atoms with Gasteiger partial charge in [0.2, 0.25) is 6.43 Å². The molecule has 0 spiro atoms. The van der Waals surface area contributed by atoms with E-state index in [1.165, 1.54) is 0 Å². The molecule has 0 radical (unpaired) electrons.